The molecular weight excluding hydrogens is 190 g/mol. The Morgan fingerprint density at radius 3 is 3.20 bits per heavy atom. The van der Waals surface area contributed by atoms with Crippen molar-refractivity contribution in [3.8, 4) is 0 Å². The molecule has 0 bridgehead atoms. The van der Waals surface area contributed by atoms with Gasteiger partial charge in [-0.2, -0.15) is 0 Å². The fourth-order valence-corrected chi connectivity index (χ4v) is 2.32. The molecule has 0 aromatic carbocycles. The van der Waals surface area contributed by atoms with Gasteiger partial charge in [0.1, 0.15) is 5.82 Å². The van der Waals surface area contributed by atoms with Crippen molar-refractivity contribution in [2.24, 2.45) is 0 Å². The Morgan fingerprint density at radius 1 is 1.53 bits per heavy atom. The van der Waals surface area contributed by atoms with Crippen molar-refractivity contribution in [3.63, 3.8) is 0 Å². The van der Waals surface area contributed by atoms with Gasteiger partial charge in [-0.3, -0.25) is 4.90 Å². The van der Waals surface area contributed by atoms with Crippen molar-refractivity contribution in [2.75, 3.05) is 13.2 Å². The van der Waals surface area contributed by atoms with Crippen LogP contribution < -0.4 is 0 Å². The van der Waals surface area contributed by atoms with Crippen LogP contribution in [0.25, 0.3) is 0 Å². The summed E-state index contributed by atoms with van der Waals surface area (Å²) in [7, 11) is 0. The predicted molar refractivity (Wildman–Crippen MR) is 58.3 cm³/mol. The number of aromatic amines is 1. The molecule has 1 aromatic heterocycles. The number of aromatic nitrogens is 2. The van der Waals surface area contributed by atoms with Crippen LogP contribution in [0.1, 0.15) is 31.5 Å². The zero-order valence-electron chi connectivity index (χ0n) is 9.02. The van der Waals surface area contributed by atoms with E-state index in [1.807, 2.05) is 6.20 Å². The molecule has 0 radical (unpaired) electrons. The van der Waals surface area contributed by atoms with Crippen LogP contribution in [-0.2, 0) is 6.54 Å². The van der Waals surface area contributed by atoms with Gasteiger partial charge in [0.25, 0.3) is 0 Å². The summed E-state index contributed by atoms with van der Waals surface area (Å²) in [6.45, 7) is 2.31. The number of rotatable bonds is 4. The van der Waals surface area contributed by atoms with Crippen LogP contribution in [-0.4, -0.2) is 39.2 Å². The Labute approximate surface area is 90.3 Å². The summed E-state index contributed by atoms with van der Waals surface area (Å²) < 4.78 is 0. The fraction of sp³-hybridized carbons (Fsp3) is 0.727. The third kappa shape index (κ3) is 2.79. The molecule has 1 aromatic rings. The van der Waals surface area contributed by atoms with E-state index in [1.165, 1.54) is 19.3 Å². The molecular formula is C11H19N3O. The summed E-state index contributed by atoms with van der Waals surface area (Å²) in [6.07, 6.45) is 8.31. The SMILES string of the molecule is OCC[C@H]1CCCCN1Cc1ncc[nH]1. The molecule has 2 rings (SSSR count). The van der Waals surface area contributed by atoms with Crippen molar-refractivity contribution in [1.82, 2.24) is 14.9 Å². The van der Waals surface area contributed by atoms with Crippen molar-refractivity contribution in [3.05, 3.63) is 18.2 Å². The Kier molecular flexibility index (Phi) is 3.75. The molecule has 15 heavy (non-hydrogen) atoms. The third-order valence-corrected chi connectivity index (χ3v) is 3.12. The normalized spacial score (nSPS) is 23.1. The molecule has 2 N–H and O–H groups in total. The monoisotopic (exact) mass is 209 g/mol. The zero-order valence-corrected chi connectivity index (χ0v) is 9.02. The fourth-order valence-electron chi connectivity index (χ4n) is 2.32. The maximum Gasteiger partial charge on any atom is 0.120 e. The predicted octanol–water partition coefficient (Wildman–Crippen LogP) is 1.15. The molecule has 1 aliphatic heterocycles. The summed E-state index contributed by atoms with van der Waals surface area (Å²) >= 11 is 0. The number of piperidine rings is 1. The van der Waals surface area contributed by atoms with Crippen LogP contribution in [0.4, 0.5) is 0 Å². The van der Waals surface area contributed by atoms with E-state index in [-0.39, 0.29) is 0 Å². The summed E-state index contributed by atoms with van der Waals surface area (Å²) in [5.74, 6) is 1.03. The van der Waals surface area contributed by atoms with Crippen molar-refractivity contribution in [1.29, 1.82) is 0 Å². The lowest BCUT2D eigenvalue weighted by Crippen LogP contribution is -2.39. The van der Waals surface area contributed by atoms with E-state index in [0.29, 0.717) is 12.6 Å². The lowest BCUT2D eigenvalue weighted by molar-refractivity contribution is 0.110. The molecule has 4 nitrogen and oxygen atoms in total. The van der Waals surface area contributed by atoms with Crippen molar-refractivity contribution in [2.45, 2.75) is 38.3 Å². The second kappa shape index (κ2) is 5.28. The Balaban J connectivity index is 1.92. The maximum absolute atomic E-state index is 9.01. The molecule has 1 aliphatic rings. The van der Waals surface area contributed by atoms with Gasteiger partial charge < -0.3 is 10.1 Å². The second-order valence-electron chi connectivity index (χ2n) is 4.17. The summed E-state index contributed by atoms with van der Waals surface area (Å²) in [6, 6.07) is 0.536. The number of nitrogens with one attached hydrogen (secondary N) is 1. The maximum atomic E-state index is 9.01. The Bertz CT molecular complexity index is 271. The average Bonchev–Trinajstić information content (AvgIpc) is 2.74. The number of likely N-dealkylation sites (tertiary alicyclic amines) is 1. The van der Waals surface area contributed by atoms with Gasteiger partial charge in [-0.05, 0) is 25.8 Å². The standard InChI is InChI=1S/C11H19N3O/c15-8-4-10-3-1-2-7-14(10)9-11-12-5-6-13-11/h5-6,10,15H,1-4,7-9H2,(H,12,13)/t10-/m1/s1. The number of hydrogen-bond acceptors (Lipinski definition) is 3. The molecule has 0 aliphatic carbocycles. The van der Waals surface area contributed by atoms with Crippen LogP contribution >= 0.6 is 0 Å². The van der Waals surface area contributed by atoms with E-state index >= 15 is 0 Å². The molecule has 0 amide bonds. The number of nitrogens with zero attached hydrogens (tertiary/aromatic N) is 2. The van der Waals surface area contributed by atoms with E-state index < -0.39 is 0 Å². The number of imidazole rings is 1. The van der Waals surface area contributed by atoms with Gasteiger partial charge in [-0.1, -0.05) is 6.42 Å². The van der Waals surface area contributed by atoms with Crippen LogP contribution in [0.2, 0.25) is 0 Å². The van der Waals surface area contributed by atoms with Gasteiger partial charge in [0.05, 0.1) is 6.54 Å². The first kappa shape index (κ1) is 10.6. The number of aliphatic hydroxyl groups excluding tert-OH is 1. The molecule has 4 heteroatoms. The van der Waals surface area contributed by atoms with E-state index in [1.54, 1.807) is 6.20 Å². The van der Waals surface area contributed by atoms with Gasteiger partial charge in [0, 0.05) is 25.0 Å². The minimum Gasteiger partial charge on any atom is -0.396 e. The Morgan fingerprint density at radius 2 is 2.47 bits per heavy atom. The van der Waals surface area contributed by atoms with Crippen LogP contribution in [0.15, 0.2) is 12.4 Å². The third-order valence-electron chi connectivity index (χ3n) is 3.12. The quantitative estimate of drug-likeness (QED) is 0.782. The number of H-pyrrole nitrogens is 1. The van der Waals surface area contributed by atoms with E-state index in [0.717, 1.165) is 25.3 Å². The molecule has 0 spiro atoms. The molecule has 1 saturated heterocycles. The van der Waals surface area contributed by atoms with Crippen molar-refractivity contribution >= 4 is 0 Å². The minimum absolute atomic E-state index is 0.291. The highest BCUT2D eigenvalue weighted by atomic mass is 16.3. The van der Waals surface area contributed by atoms with E-state index in [9.17, 15) is 0 Å². The van der Waals surface area contributed by atoms with Crippen LogP contribution in [0.3, 0.4) is 0 Å². The lowest BCUT2D eigenvalue weighted by atomic mass is 10.00. The smallest absolute Gasteiger partial charge is 0.120 e. The second-order valence-corrected chi connectivity index (χ2v) is 4.17. The molecule has 0 saturated carbocycles. The van der Waals surface area contributed by atoms with Gasteiger partial charge in [-0.25, -0.2) is 4.98 Å². The number of hydrogen-bond donors (Lipinski definition) is 2. The van der Waals surface area contributed by atoms with Crippen LogP contribution in [0.5, 0.6) is 0 Å². The van der Waals surface area contributed by atoms with E-state index in [2.05, 4.69) is 14.9 Å². The average molecular weight is 209 g/mol. The van der Waals surface area contributed by atoms with Gasteiger partial charge >= 0.3 is 0 Å². The highest BCUT2D eigenvalue weighted by molar-refractivity contribution is 4.89. The summed E-state index contributed by atoms with van der Waals surface area (Å²) in [5.41, 5.74) is 0. The molecule has 1 fully saturated rings. The zero-order chi connectivity index (χ0) is 10.5. The summed E-state index contributed by atoms with van der Waals surface area (Å²) in [5, 5.41) is 9.01. The minimum atomic E-state index is 0.291. The van der Waals surface area contributed by atoms with Gasteiger partial charge in [0.2, 0.25) is 0 Å². The largest absolute Gasteiger partial charge is 0.396 e. The molecule has 0 unspecified atom stereocenters. The van der Waals surface area contributed by atoms with Crippen molar-refractivity contribution < 1.29 is 5.11 Å². The number of aliphatic hydroxyl groups is 1. The van der Waals surface area contributed by atoms with Gasteiger partial charge in [-0.15, -0.1) is 0 Å². The lowest BCUT2D eigenvalue weighted by Gasteiger charge is -2.34. The van der Waals surface area contributed by atoms with Crippen LogP contribution in [0, 0.1) is 0 Å². The highest BCUT2D eigenvalue weighted by Gasteiger charge is 2.22. The Hall–Kier alpha value is -0.870. The first-order chi connectivity index (χ1) is 7.40. The molecule has 1 atom stereocenters. The molecule has 2 heterocycles. The van der Waals surface area contributed by atoms with Gasteiger partial charge in [0.15, 0.2) is 0 Å². The summed E-state index contributed by atoms with van der Waals surface area (Å²) in [4.78, 5) is 9.81. The van der Waals surface area contributed by atoms with E-state index in [4.69, 9.17) is 5.11 Å². The topological polar surface area (TPSA) is 52.1 Å². The first-order valence-electron chi connectivity index (χ1n) is 5.73. The molecule has 84 valence electrons. The highest BCUT2D eigenvalue weighted by Crippen LogP contribution is 2.20. The first-order valence-corrected chi connectivity index (χ1v) is 5.73.